The van der Waals surface area contributed by atoms with Crippen molar-refractivity contribution < 1.29 is 33.4 Å². The van der Waals surface area contributed by atoms with Crippen LogP contribution in [-0.2, 0) is 19.1 Å². The number of para-hydroxylation sites is 1. The highest BCUT2D eigenvalue weighted by Gasteiger charge is 2.40. The molecule has 4 aromatic rings. The van der Waals surface area contributed by atoms with Gasteiger partial charge in [0.1, 0.15) is 17.5 Å². The molecule has 1 fully saturated rings. The molecule has 0 spiro atoms. The Balaban J connectivity index is 1.07. The fourth-order valence-corrected chi connectivity index (χ4v) is 6.87. The summed E-state index contributed by atoms with van der Waals surface area (Å²) in [5.74, 6) is 0.110. The van der Waals surface area contributed by atoms with Crippen molar-refractivity contribution in [2.45, 2.75) is 48.1 Å². The van der Waals surface area contributed by atoms with Crippen LogP contribution in [-0.4, -0.2) is 77.6 Å². The predicted octanol–water partition coefficient (Wildman–Crippen LogP) is 4.54. The second-order valence-corrected chi connectivity index (χ2v) is 13.1. The summed E-state index contributed by atoms with van der Waals surface area (Å²) in [5.41, 5.74) is 7.07. The summed E-state index contributed by atoms with van der Waals surface area (Å²) in [4.78, 5) is 62.0. The molecule has 5 N–H and O–H groups in total. The predicted molar refractivity (Wildman–Crippen MR) is 181 cm³/mol. The van der Waals surface area contributed by atoms with Gasteiger partial charge in [-0.25, -0.2) is 4.79 Å². The smallest absolute Gasteiger partial charge is 0.404 e. The fraction of sp³-hybridized carbons (Fsp3) is 0.343. The van der Waals surface area contributed by atoms with Crippen LogP contribution in [0.3, 0.4) is 0 Å². The largest absolute Gasteiger partial charge is 0.455 e. The number of carbonyl (C=O) groups is 4. The molecule has 0 aliphatic carbocycles. The maximum Gasteiger partial charge on any atom is 0.404 e. The van der Waals surface area contributed by atoms with Gasteiger partial charge in [-0.15, -0.1) is 0 Å². The van der Waals surface area contributed by atoms with Crippen LogP contribution in [0, 0.1) is 5.92 Å². The third kappa shape index (κ3) is 8.32. The number of hydrogen-bond acceptors (Lipinski definition) is 9. The zero-order chi connectivity index (χ0) is 34.3. The molecule has 256 valence electrons. The standard InChI is InChI=1S/C35H38N6O7S/c1-21(26-15-24-17-37-11-10-25(24)40-26)39-34(44)27-14-22(20-46-12-4-5-13-47-35(36)45)19-41(27)32(42)18-38-33(43)23-8-9-31-29(16-23)48-28-6-2-3-7-30(28)49-31/h2-3,6-11,15-17,21-22,27,40H,4-5,12-14,18-20H2,1H3,(H2,36,45)(H,38,43)(H,39,44)/t21?,22?,27-/m0/s1. The van der Waals surface area contributed by atoms with E-state index in [1.807, 2.05) is 49.4 Å². The number of primary amides is 1. The molecule has 13 nitrogen and oxygen atoms in total. The first-order valence-corrected chi connectivity index (χ1v) is 17.0. The highest BCUT2D eigenvalue weighted by Crippen LogP contribution is 2.46. The first-order valence-electron chi connectivity index (χ1n) is 16.1. The third-order valence-electron chi connectivity index (χ3n) is 8.45. The highest BCUT2D eigenvalue weighted by atomic mass is 32.2. The maximum absolute atomic E-state index is 13.7. The number of fused-ring (bicyclic) bond motifs is 3. The lowest BCUT2D eigenvalue weighted by Crippen LogP contribution is -2.49. The van der Waals surface area contributed by atoms with E-state index in [9.17, 15) is 19.2 Å². The molecule has 2 aliphatic rings. The highest BCUT2D eigenvalue weighted by molar-refractivity contribution is 7.99. The number of aromatic nitrogens is 2. The molecule has 0 radical (unpaired) electrons. The van der Waals surface area contributed by atoms with E-state index in [0.29, 0.717) is 50.3 Å². The monoisotopic (exact) mass is 686 g/mol. The average molecular weight is 687 g/mol. The van der Waals surface area contributed by atoms with Crippen LogP contribution in [0.1, 0.15) is 48.3 Å². The Hall–Kier alpha value is -5.08. The van der Waals surface area contributed by atoms with Crippen molar-refractivity contribution >= 4 is 46.5 Å². The quantitative estimate of drug-likeness (QED) is 0.130. The van der Waals surface area contributed by atoms with Gasteiger partial charge in [-0.2, -0.15) is 0 Å². The van der Waals surface area contributed by atoms with Gasteiger partial charge in [-0.3, -0.25) is 19.4 Å². The summed E-state index contributed by atoms with van der Waals surface area (Å²) in [6.07, 6.45) is 4.31. The van der Waals surface area contributed by atoms with E-state index in [1.165, 1.54) is 4.90 Å². The Labute approximate surface area is 287 Å². The van der Waals surface area contributed by atoms with E-state index in [-0.39, 0.29) is 36.9 Å². The molecule has 4 amide bonds. The minimum Gasteiger partial charge on any atom is -0.455 e. The Kier molecular flexibility index (Phi) is 10.6. The molecule has 2 aromatic carbocycles. The summed E-state index contributed by atoms with van der Waals surface area (Å²) < 4.78 is 16.6. The first-order chi connectivity index (χ1) is 23.7. The van der Waals surface area contributed by atoms with E-state index >= 15 is 0 Å². The van der Waals surface area contributed by atoms with Crippen LogP contribution >= 0.6 is 11.8 Å². The third-order valence-corrected chi connectivity index (χ3v) is 9.57. The Morgan fingerprint density at radius 3 is 2.73 bits per heavy atom. The van der Waals surface area contributed by atoms with Crippen LogP contribution in [0.4, 0.5) is 4.79 Å². The lowest BCUT2D eigenvalue weighted by molar-refractivity contribution is -0.138. The van der Waals surface area contributed by atoms with E-state index < -0.39 is 18.0 Å². The number of benzene rings is 2. The van der Waals surface area contributed by atoms with Crippen molar-refractivity contribution in [3.05, 3.63) is 78.2 Å². The van der Waals surface area contributed by atoms with Crippen molar-refractivity contribution in [2.75, 3.05) is 32.9 Å². The number of aromatic amines is 1. The van der Waals surface area contributed by atoms with Crippen molar-refractivity contribution in [2.24, 2.45) is 11.7 Å². The second kappa shape index (κ2) is 15.4. The number of hydrogen-bond donors (Lipinski definition) is 4. The number of carbonyl (C=O) groups excluding carboxylic acids is 4. The normalized spacial score (nSPS) is 17.0. The maximum atomic E-state index is 13.7. The molecule has 2 unspecified atom stereocenters. The Bertz CT molecular complexity index is 1810. The van der Waals surface area contributed by atoms with Crippen LogP contribution in [0.5, 0.6) is 11.5 Å². The molecule has 6 rings (SSSR count). The molecule has 0 bridgehead atoms. The molecule has 4 heterocycles. The minimum absolute atomic E-state index is 0.0927. The van der Waals surface area contributed by atoms with Gasteiger partial charge < -0.3 is 40.5 Å². The van der Waals surface area contributed by atoms with Crippen LogP contribution in [0.15, 0.2) is 76.8 Å². The number of pyridine rings is 1. The molecule has 1 saturated heterocycles. The van der Waals surface area contributed by atoms with Gasteiger partial charge >= 0.3 is 6.09 Å². The zero-order valence-corrected chi connectivity index (χ0v) is 27.8. The number of nitrogens with two attached hydrogens (primary N) is 1. The van der Waals surface area contributed by atoms with Crippen LogP contribution in [0.2, 0.25) is 0 Å². The number of nitrogens with one attached hydrogen (secondary N) is 3. The van der Waals surface area contributed by atoms with Gasteiger partial charge in [0, 0.05) is 53.6 Å². The fourth-order valence-electron chi connectivity index (χ4n) is 5.94. The number of amides is 4. The average Bonchev–Trinajstić information content (AvgIpc) is 3.74. The lowest BCUT2D eigenvalue weighted by Gasteiger charge is -2.25. The Morgan fingerprint density at radius 1 is 1.08 bits per heavy atom. The SMILES string of the molecule is CC(NC(=O)[C@@H]1CC(COCCCCOC(N)=O)CN1C(=O)CNC(=O)c1ccc2c(c1)Oc1ccccc1S2)c1cc2cnccc2[nH]1. The van der Waals surface area contributed by atoms with Gasteiger partial charge in [-0.1, -0.05) is 23.9 Å². The molecule has 2 aromatic heterocycles. The Morgan fingerprint density at radius 2 is 1.90 bits per heavy atom. The van der Waals surface area contributed by atoms with Crippen molar-refractivity contribution in [3.8, 4) is 11.5 Å². The van der Waals surface area contributed by atoms with E-state index in [0.717, 1.165) is 32.1 Å². The zero-order valence-electron chi connectivity index (χ0n) is 27.0. The van der Waals surface area contributed by atoms with Crippen molar-refractivity contribution in [1.29, 1.82) is 0 Å². The number of H-pyrrole nitrogens is 1. The van der Waals surface area contributed by atoms with Gasteiger partial charge in [0.2, 0.25) is 11.8 Å². The van der Waals surface area contributed by atoms with E-state index in [1.54, 1.807) is 36.3 Å². The number of ether oxygens (including phenoxy) is 3. The summed E-state index contributed by atoms with van der Waals surface area (Å²) in [6, 6.07) is 15.6. The van der Waals surface area contributed by atoms with Crippen molar-refractivity contribution in [1.82, 2.24) is 25.5 Å². The van der Waals surface area contributed by atoms with E-state index in [2.05, 4.69) is 20.6 Å². The van der Waals surface area contributed by atoms with Gasteiger partial charge in [0.25, 0.3) is 5.91 Å². The molecule has 2 aliphatic heterocycles. The molecule has 49 heavy (non-hydrogen) atoms. The lowest BCUT2D eigenvalue weighted by atomic mass is 10.1. The molecule has 3 atom stereocenters. The van der Waals surface area contributed by atoms with Gasteiger partial charge in [0.05, 0.1) is 35.6 Å². The summed E-state index contributed by atoms with van der Waals surface area (Å²) in [5, 5.41) is 6.71. The molecular weight excluding hydrogens is 648 g/mol. The number of likely N-dealkylation sites (tertiary alicyclic amines) is 1. The second-order valence-electron chi connectivity index (χ2n) is 12.0. The van der Waals surface area contributed by atoms with E-state index in [4.69, 9.17) is 19.9 Å². The summed E-state index contributed by atoms with van der Waals surface area (Å²) in [7, 11) is 0. The molecule has 0 saturated carbocycles. The first kappa shape index (κ1) is 33.8. The topological polar surface area (TPSA) is 178 Å². The summed E-state index contributed by atoms with van der Waals surface area (Å²) >= 11 is 1.56. The van der Waals surface area contributed by atoms with Gasteiger partial charge in [-0.05, 0) is 68.7 Å². The molecular formula is C35H38N6O7S. The minimum atomic E-state index is -0.810. The number of unbranched alkanes of at least 4 members (excludes halogenated alkanes) is 1. The van der Waals surface area contributed by atoms with Crippen molar-refractivity contribution in [3.63, 3.8) is 0 Å². The van der Waals surface area contributed by atoms with Crippen LogP contribution in [0.25, 0.3) is 10.9 Å². The molecule has 14 heteroatoms. The van der Waals surface area contributed by atoms with Crippen LogP contribution < -0.4 is 21.1 Å². The summed E-state index contributed by atoms with van der Waals surface area (Å²) in [6.45, 7) is 2.88. The number of nitrogens with zero attached hydrogens (tertiary/aromatic N) is 2. The number of rotatable bonds is 13. The van der Waals surface area contributed by atoms with Gasteiger partial charge in [0.15, 0.2) is 0 Å².